The Balaban J connectivity index is 1.99. The number of hydrogen-bond donors (Lipinski definition) is 1. The Bertz CT molecular complexity index is 597. The molecular formula is C14H22N6. The first-order valence-electron chi connectivity index (χ1n) is 7.19. The largest absolute Gasteiger partial charge is 0.368 e. The van der Waals surface area contributed by atoms with Crippen LogP contribution in [0.1, 0.15) is 6.92 Å². The first-order chi connectivity index (χ1) is 9.69. The van der Waals surface area contributed by atoms with E-state index in [1.165, 1.54) is 0 Å². The third kappa shape index (κ3) is 2.31. The van der Waals surface area contributed by atoms with E-state index in [0.717, 1.165) is 55.5 Å². The SMILES string of the molecule is CCNc1nc(N2CCN(C)CC2)nc2ccn(C)c12. The van der Waals surface area contributed by atoms with Crippen LogP contribution >= 0.6 is 0 Å². The molecule has 0 aromatic carbocycles. The average molecular weight is 274 g/mol. The minimum absolute atomic E-state index is 0.841. The van der Waals surface area contributed by atoms with Gasteiger partial charge in [0.05, 0.1) is 5.52 Å². The highest BCUT2D eigenvalue weighted by atomic mass is 15.3. The predicted octanol–water partition coefficient (Wildman–Crippen LogP) is 1.15. The molecule has 1 saturated heterocycles. The number of piperazine rings is 1. The van der Waals surface area contributed by atoms with Gasteiger partial charge in [-0.25, -0.2) is 4.98 Å². The van der Waals surface area contributed by atoms with Gasteiger partial charge in [-0.3, -0.25) is 0 Å². The molecule has 1 aliphatic heterocycles. The zero-order chi connectivity index (χ0) is 14.1. The number of aryl methyl sites for hydroxylation is 1. The molecule has 0 bridgehead atoms. The van der Waals surface area contributed by atoms with Gasteiger partial charge in [-0.05, 0) is 20.0 Å². The molecule has 0 radical (unpaired) electrons. The molecule has 0 amide bonds. The van der Waals surface area contributed by atoms with Crippen LogP contribution in [0, 0.1) is 0 Å². The zero-order valence-electron chi connectivity index (χ0n) is 12.4. The molecule has 1 N–H and O–H groups in total. The van der Waals surface area contributed by atoms with Crippen LogP contribution in [0.4, 0.5) is 11.8 Å². The Morgan fingerprint density at radius 3 is 2.60 bits per heavy atom. The molecule has 2 aromatic rings. The third-order valence-electron chi connectivity index (χ3n) is 3.84. The first kappa shape index (κ1) is 13.2. The van der Waals surface area contributed by atoms with E-state index in [2.05, 4.69) is 39.7 Å². The number of fused-ring (bicyclic) bond motifs is 1. The van der Waals surface area contributed by atoms with Crippen LogP contribution in [-0.4, -0.2) is 59.2 Å². The van der Waals surface area contributed by atoms with Crippen LogP contribution in [0.25, 0.3) is 11.0 Å². The normalized spacial score (nSPS) is 16.9. The Morgan fingerprint density at radius 2 is 1.90 bits per heavy atom. The van der Waals surface area contributed by atoms with Gasteiger partial charge >= 0.3 is 0 Å². The van der Waals surface area contributed by atoms with E-state index in [-0.39, 0.29) is 0 Å². The fourth-order valence-corrected chi connectivity index (χ4v) is 2.62. The summed E-state index contributed by atoms with van der Waals surface area (Å²) in [5.41, 5.74) is 2.08. The quantitative estimate of drug-likeness (QED) is 0.910. The molecule has 0 atom stereocenters. The van der Waals surface area contributed by atoms with Crippen molar-refractivity contribution in [2.45, 2.75) is 6.92 Å². The molecule has 20 heavy (non-hydrogen) atoms. The van der Waals surface area contributed by atoms with Gasteiger partial charge < -0.3 is 19.7 Å². The van der Waals surface area contributed by atoms with Crippen molar-refractivity contribution in [2.24, 2.45) is 7.05 Å². The minimum Gasteiger partial charge on any atom is -0.368 e. The second kappa shape index (κ2) is 5.28. The Morgan fingerprint density at radius 1 is 1.15 bits per heavy atom. The Kier molecular flexibility index (Phi) is 3.48. The maximum atomic E-state index is 4.74. The van der Waals surface area contributed by atoms with Crippen molar-refractivity contribution in [3.8, 4) is 0 Å². The van der Waals surface area contributed by atoms with Crippen LogP contribution in [-0.2, 0) is 7.05 Å². The van der Waals surface area contributed by atoms with Crippen LogP contribution in [0.5, 0.6) is 0 Å². The fourth-order valence-electron chi connectivity index (χ4n) is 2.62. The maximum absolute atomic E-state index is 4.74. The van der Waals surface area contributed by atoms with Crippen LogP contribution in [0.3, 0.4) is 0 Å². The molecule has 6 nitrogen and oxygen atoms in total. The van der Waals surface area contributed by atoms with Gasteiger partial charge in [0.1, 0.15) is 5.52 Å². The number of hydrogen-bond acceptors (Lipinski definition) is 5. The summed E-state index contributed by atoms with van der Waals surface area (Å²) in [6.45, 7) is 7.05. The number of rotatable bonds is 3. The summed E-state index contributed by atoms with van der Waals surface area (Å²) in [7, 11) is 4.19. The molecular weight excluding hydrogens is 252 g/mol. The predicted molar refractivity (Wildman–Crippen MR) is 82.4 cm³/mol. The third-order valence-corrected chi connectivity index (χ3v) is 3.84. The topological polar surface area (TPSA) is 49.2 Å². The highest BCUT2D eigenvalue weighted by molar-refractivity contribution is 5.87. The minimum atomic E-state index is 0.841. The van der Waals surface area contributed by atoms with Crippen molar-refractivity contribution in [2.75, 3.05) is 50.0 Å². The van der Waals surface area contributed by atoms with E-state index in [1.54, 1.807) is 0 Å². The van der Waals surface area contributed by atoms with Gasteiger partial charge in [-0.1, -0.05) is 0 Å². The summed E-state index contributed by atoms with van der Waals surface area (Å²) in [4.78, 5) is 14.1. The van der Waals surface area contributed by atoms with Crippen LogP contribution in [0.2, 0.25) is 0 Å². The molecule has 3 heterocycles. The van der Waals surface area contributed by atoms with E-state index in [0.29, 0.717) is 0 Å². The number of nitrogens with zero attached hydrogens (tertiary/aromatic N) is 5. The Labute approximate surface area is 119 Å². The van der Waals surface area contributed by atoms with Gasteiger partial charge in [0.25, 0.3) is 0 Å². The van der Waals surface area contributed by atoms with Crippen molar-refractivity contribution in [3.05, 3.63) is 12.3 Å². The van der Waals surface area contributed by atoms with E-state index < -0.39 is 0 Å². The highest BCUT2D eigenvalue weighted by Gasteiger charge is 2.19. The number of anilines is 2. The van der Waals surface area contributed by atoms with Gasteiger partial charge in [0.15, 0.2) is 5.82 Å². The van der Waals surface area contributed by atoms with Crippen LogP contribution < -0.4 is 10.2 Å². The summed E-state index contributed by atoms with van der Waals surface area (Å²) >= 11 is 0. The lowest BCUT2D eigenvalue weighted by atomic mass is 10.3. The lowest BCUT2D eigenvalue weighted by Gasteiger charge is -2.32. The zero-order valence-corrected chi connectivity index (χ0v) is 12.4. The molecule has 0 saturated carbocycles. The lowest BCUT2D eigenvalue weighted by Crippen LogP contribution is -2.45. The standard InChI is InChI=1S/C14H22N6/c1-4-15-13-12-11(5-6-19(12)3)16-14(17-13)20-9-7-18(2)8-10-20/h5-6H,4,7-10H2,1-3H3,(H,15,16,17). The van der Waals surface area contributed by atoms with Crippen molar-refractivity contribution >= 4 is 22.8 Å². The van der Waals surface area contributed by atoms with E-state index in [1.807, 2.05) is 13.2 Å². The number of nitrogens with one attached hydrogen (secondary N) is 1. The molecule has 0 unspecified atom stereocenters. The van der Waals surface area contributed by atoms with Crippen molar-refractivity contribution in [3.63, 3.8) is 0 Å². The number of aromatic nitrogens is 3. The Hall–Kier alpha value is -1.82. The van der Waals surface area contributed by atoms with Gasteiger partial charge in [-0.2, -0.15) is 4.98 Å². The summed E-state index contributed by atoms with van der Waals surface area (Å²) < 4.78 is 2.07. The molecule has 3 rings (SSSR count). The second-order valence-corrected chi connectivity index (χ2v) is 5.35. The molecule has 1 aliphatic rings. The molecule has 1 fully saturated rings. The molecule has 0 spiro atoms. The van der Waals surface area contributed by atoms with E-state index >= 15 is 0 Å². The summed E-state index contributed by atoms with van der Waals surface area (Å²) in [5.74, 6) is 1.77. The first-order valence-corrected chi connectivity index (χ1v) is 7.19. The highest BCUT2D eigenvalue weighted by Crippen LogP contribution is 2.24. The second-order valence-electron chi connectivity index (χ2n) is 5.35. The summed E-state index contributed by atoms with van der Waals surface area (Å²) in [6.07, 6.45) is 2.04. The summed E-state index contributed by atoms with van der Waals surface area (Å²) in [6, 6.07) is 2.05. The molecule has 2 aromatic heterocycles. The van der Waals surface area contributed by atoms with Gasteiger partial charge in [0, 0.05) is 46.0 Å². The van der Waals surface area contributed by atoms with Gasteiger partial charge in [-0.15, -0.1) is 0 Å². The van der Waals surface area contributed by atoms with E-state index in [4.69, 9.17) is 9.97 Å². The van der Waals surface area contributed by atoms with Crippen molar-refractivity contribution in [1.82, 2.24) is 19.4 Å². The molecule has 6 heteroatoms. The monoisotopic (exact) mass is 274 g/mol. The average Bonchev–Trinajstić information content (AvgIpc) is 2.82. The van der Waals surface area contributed by atoms with Crippen molar-refractivity contribution in [1.29, 1.82) is 0 Å². The summed E-state index contributed by atoms with van der Waals surface area (Å²) in [5, 5.41) is 3.36. The smallest absolute Gasteiger partial charge is 0.228 e. The van der Waals surface area contributed by atoms with Crippen molar-refractivity contribution < 1.29 is 0 Å². The molecule has 108 valence electrons. The maximum Gasteiger partial charge on any atom is 0.228 e. The van der Waals surface area contributed by atoms with Crippen LogP contribution in [0.15, 0.2) is 12.3 Å². The van der Waals surface area contributed by atoms with Gasteiger partial charge in [0.2, 0.25) is 5.95 Å². The van der Waals surface area contributed by atoms with E-state index in [9.17, 15) is 0 Å². The lowest BCUT2D eigenvalue weighted by molar-refractivity contribution is 0.311. The molecule has 0 aliphatic carbocycles. The fraction of sp³-hybridized carbons (Fsp3) is 0.571. The number of likely N-dealkylation sites (N-methyl/N-ethyl adjacent to an activating group) is 1.